The summed E-state index contributed by atoms with van der Waals surface area (Å²) in [5.41, 5.74) is 7.12. The molecule has 1 aromatic rings. The lowest BCUT2D eigenvalue weighted by Crippen LogP contribution is -2.31. The van der Waals surface area contributed by atoms with E-state index in [1.165, 1.54) is 0 Å². The van der Waals surface area contributed by atoms with Crippen molar-refractivity contribution in [2.24, 2.45) is 17.6 Å². The van der Waals surface area contributed by atoms with Crippen LogP contribution < -0.4 is 5.73 Å². The topological polar surface area (TPSA) is 46.3 Å². The highest BCUT2D eigenvalue weighted by Gasteiger charge is 2.29. The first-order valence-electron chi connectivity index (χ1n) is 6.66. The lowest BCUT2D eigenvalue weighted by atomic mass is 10.0. The summed E-state index contributed by atoms with van der Waals surface area (Å²) in [6, 6.07) is 9.64. The third-order valence-electron chi connectivity index (χ3n) is 3.96. The fraction of sp³-hybridized carbons (Fsp3) is 0.533. The average Bonchev–Trinajstić information content (AvgIpc) is 2.71. The summed E-state index contributed by atoms with van der Waals surface area (Å²) in [7, 11) is 0. The fourth-order valence-electron chi connectivity index (χ4n) is 2.47. The first-order chi connectivity index (χ1) is 8.58. The third-order valence-corrected chi connectivity index (χ3v) is 3.96. The minimum Gasteiger partial charge on any atom is -0.342 e. The van der Waals surface area contributed by atoms with Gasteiger partial charge in [-0.15, -0.1) is 0 Å². The molecule has 1 amide bonds. The Labute approximate surface area is 109 Å². The molecular weight excluding hydrogens is 224 g/mol. The lowest BCUT2D eigenvalue weighted by Gasteiger charge is -2.19. The standard InChI is InChI=1S/C15H22N2O/c1-11-9-17(10-12(11)2)15(18)8-14(16)13-6-4-3-5-7-13/h3-7,11-12,14H,8-10,16H2,1-2H3. The summed E-state index contributed by atoms with van der Waals surface area (Å²) in [6.07, 6.45) is 0.406. The van der Waals surface area contributed by atoms with Crippen LogP contribution in [-0.4, -0.2) is 23.9 Å². The van der Waals surface area contributed by atoms with E-state index >= 15 is 0 Å². The number of hydrogen-bond acceptors (Lipinski definition) is 2. The van der Waals surface area contributed by atoms with E-state index in [9.17, 15) is 4.79 Å². The number of nitrogens with two attached hydrogens (primary N) is 1. The molecule has 0 radical (unpaired) electrons. The molecule has 3 nitrogen and oxygen atoms in total. The molecule has 3 heteroatoms. The van der Waals surface area contributed by atoms with E-state index in [0.29, 0.717) is 18.3 Å². The van der Waals surface area contributed by atoms with Crippen molar-refractivity contribution in [3.05, 3.63) is 35.9 Å². The van der Waals surface area contributed by atoms with Crippen LogP contribution in [0.3, 0.4) is 0 Å². The first-order valence-corrected chi connectivity index (χ1v) is 6.66. The summed E-state index contributed by atoms with van der Waals surface area (Å²) < 4.78 is 0. The van der Waals surface area contributed by atoms with Crippen molar-refractivity contribution in [3.8, 4) is 0 Å². The molecule has 1 fully saturated rings. The number of carbonyl (C=O) groups excluding carboxylic acids is 1. The largest absolute Gasteiger partial charge is 0.342 e. The van der Waals surface area contributed by atoms with Crippen LogP contribution in [-0.2, 0) is 4.79 Å². The molecule has 0 aliphatic carbocycles. The number of carbonyl (C=O) groups is 1. The molecule has 0 aromatic heterocycles. The number of likely N-dealkylation sites (tertiary alicyclic amines) is 1. The van der Waals surface area contributed by atoms with Gasteiger partial charge in [-0.2, -0.15) is 0 Å². The van der Waals surface area contributed by atoms with E-state index < -0.39 is 0 Å². The maximum absolute atomic E-state index is 12.2. The van der Waals surface area contributed by atoms with Crippen molar-refractivity contribution in [1.82, 2.24) is 4.90 Å². The average molecular weight is 246 g/mol. The Bertz CT molecular complexity index is 394. The van der Waals surface area contributed by atoms with Gasteiger partial charge < -0.3 is 10.6 Å². The predicted molar refractivity (Wildman–Crippen MR) is 72.9 cm³/mol. The van der Waals surface area contributed by atoms with Crippen molar-refractivity contribution >= 4 is 5.91 Å². The van der Waals surface area contributed by atoms with Gasteiger partial charge in [-0.3, -0.25) is 4.79 Å². The molecule has 2 rings (SSSR count). The van der Waals surface area contributed by atoms with Gasteiger partial charge in [-0.05, 0) is 17.4 Å². The number of amides is 1. The molecule has 1 aromatic carbocycles. The molecule has 1 aliphatic heterocycles. The number of benzene rings is 1. The normalized spacial score (nSPS) is 25.2. The molecule has 1 aliphatic rings. The molecular formula is C15H22N2O. The number of hydrogen-bond donors (Lipinski definition) is 1. The van der Waals surface area contributed by atoms with Crippen LogP contribution in [0.1, 0.15) is 31.9 Å². The summed E-state index contributed by atoms with van der Waals surface area (Å²) in [5.74, 6) is 1.38. The maximum atomic E-state index is 12.2. The first kappa shape index (κ1) is 13.1. The molecule has 18 heavy (non-hydrogen) atoms. The van der Waals surface area contributed by atoms with E-state index in [1.54, 1.807) is 0 Å². The smallest absolute Gasteiger partial charge is 0.224 e. The zero-order valence-electron chi connectivity index (χ0n) is 11.2. The summed E-state index contributed by atoms with van der Waals surface area (Å²) >= 11 is 0. The van der Waals surface area contributed by atoms with E-state index in [0.717, 1.165) is 18.7 Å². The van der Waals surface area contributed by atoms with Crippen molar-refractivity contribution in [2.45, 2.75) is 26.3 Å². The van der Waals surface area contributed by atoms with Gasteiger partial charge in [0.1, 0.15) is 0 Å². The quantitative estimate of drug-likeness (QED) is 0.888. The second kappa shape index (κ2) is 5.53. The molecule has 1 saturated heterocycles. The number of nitrogens with zero attached hydrogens (tertiary/aromatic N) is 1. The van der Waals surface area contributed by atoms with Gasteiger partial charge in [0, 0.05) is 25.6 Å². The lowest BCUT2D eigenvalue weighted by molar-refractivity contribution is -0.130. The molecule has 2 N–H and O–H groups in total. The molecule has 3 atom stereocenters. The van der Waals surface area contributed by atoms with Crippen LogP contribution in [0.2, 0.25) is 0 Å². The van der Waals surface area contributed by atoms with Gasteiger partial charge in [0.05, 0.1) is 0 Å². The van der Waals surface area contributed by atoms with E-state index in [4.69, 9.17) is 5.73 Å². The van der Waals surface area contributed by atoms with E-state index in [-0.39, 0.29) is 11.9 Å². The van der Waals surface area contributed by atoms with Gasteiger partial charge in [-0.1, -0.05) is 44.2 Å². The Morgan fingerprint density at radius 2 is 1.83 bits per heavy atom. The van der Waals surface area contributed by atoms with Crippen LogP contribution in [0.5, 0.6) is 0 Å². The molecule has 1 heterocycles. The highest BCUT2D eigenvalue weighted by atomic mass is 16.2. The second-order valence-corrected chi connectivity index (χ2v) is 5.47. The summed E-state index contributed by atoms with van der Waals surface area (Å²) in [4.78, 5) is 14.1. The van der Waals surface area contributed by atoms with Crippen LogP contribution in [0.15, 0.2) is 30.3 Å². The molecule has 0 saturated carbocycles. The molecule has 98 valence electrons. The van der Waals surface area contributed by atoms with E-state index in [1.807, 2.05) is 35.2 Å². The minimum absolute atomic E-state index is 0.183. The van der Waals surface area contributed by atoms with Crippen LogP contribution in [0.4, 0.5) is 0 Å². The Kier molecular flexibility index (Phi) is 4.02. The molecule has 0 spiro atoms. The SMILES string of the molecule is CC1CN(C(=O)CC(N)c2ccccc2)CC1C. The molecule has 3 unspecified atom stereocenters. The van der Waals surface area contributed by atoms with Crippen LogP contribution in [0.25, 0.3) is 0 Å². The maximum Gasteiger partial charge on any atom is 0.224 e. The van der Waals surface area contributed by atoms with Crippen LogP contribution >= 0.6 is 0 Å². The van der Waals surface area contributed by atoms with Crippen molar-refractivity contribution < 1.29 is 4.79 Å². The Balaban J connectivity index is 1.92. The Morgan fingerprint density at radius 3 is 2.39 bits per heavy atom. The highest BCUT2D eigenvalue weighted by molar-refractivity contribution is 5.77. The fourth-order valence-corrected chi connectivity index (χ4v) is 2.47. The van der Waals surface area contributed by atoms with Crippen LogP contribution in [0, 0.1) is 11.8 Å². The highest BCUT2D eigenvalue weighted by Crippen LogP contribution is 2.24. The van der Waals surface area contributed by atoms with Gasteiger partial charge in [0.25, 0.3) is 0 Å². The minimum atomic E-state index is -0.190. The predicted octanol–water partition coefficient (Wildman–Crippen LogP) is 2.19. The zero-order chi connectivity index (χ0) is 13.1. The van der Waals surface area contributed by atoms with Crippen molar-refractivity contribution in [1.29, 1.82) is 0 Å². The molecule has 0 bridgehead atoms. The number of rotatable bonds is 3. The Hall–Kier alpha value is -1.35. The van der Waals surface area contributed by atoms with E-state index in [2.05, 4.69) is 13.8 Å². The van der Waals surface area contributed by atoms with Gasteiger partial charge in [0.2, 0.25) is 5.91 Å². The van der Waals surface area contributed by atoms with Gasteiger partial charge >= 0.3 is 0 Å². The summed E-state index contributed by atoms with van der Waals surface area (Å²) in [6.45, 7) is 6.16. The Morgan fingerprint density at radius 1 is 1.28 bits per heavy atom. The summed E-state index contributed by atoms with van der Waals surface area (Å²) in [5, 5.41) is 0. The van der Waals surface area contributed by atoms with Crippen molar-refractivity contribution in [2.75, 3.05) is 13.1 Å². The van der Waals surface area contributed by atoms with Crippen molar-refractivity contribution in [3.63, 3.8) is 0 Å². The third kappa shape index (κ3) is 2.91. The monoisotopic (exact) mass is 246 g/mol. The second-order valence-electron chi connectivity index (χ2n) is 5.47. The van der Waals surface area contributed by atoms with Gasteiger partial charge in [-0.25, -0.2) is 0 Å². The van der Waals surface area contributed by atoms with Gasteiger partial charge in [0.15, 0.2) is 0 Å². The zero-order valence-corrected chi connectivity index (χ0v) is 11.2.